The maximum absolute atomic E-state index is 12.6. The van der Waals surface area contributed by atoms with Crippen LogP contribution in [0.5, 0.6) is 0 Å². The molecule has 0 spiro atoms. The van der Waals surface area contributed by atoms with Crippen LogP contribution in [0.15, 0.2) is 53.6 Å². The third-order valence-corrected chi connectivity index (χ3v) is 4.89. The van der Waals surface area contributed by atoms with Gasteiger partial charge in [-0.25, -0.2) is 0 Å². The molecule has 112 valence electrons. The molecule has 3 aromatic rings. The molecular weight excluding hydrogens is 306 g/mol. The minimum atomic E-state index is -3.84. The number of nitro benzene ring substituents is 1. The average molecular weight is 317 g/mol. The first-order chi connectivity index (χ1) is 10.4. The maximum Gasteiger partial charge on any atom is 0.283 e. The third kappa shape index (κ3) is 2.23. The first kappa shape index (κ1) is 14.2. The van der Waals surface area contributed by atoms with Gasteiger partial charge in [-0.05, 0) is 25.1 Å². The Morgan fingerprint density at radius 3 is 2.45 bits per heavy atom. The van der Waals surface area contributed by atoms with E-state index in [1.54, 1.807) is 12.1 Å². The van der Waals surface area contributed by atoms with E-state index >= 15 is 0 Å². The van der Waals surface area contributed by atoms with E-state index in [0.29, 0.717) is 10.9 Å². The van der Waals surface area contributed by atoms with Crippen molar-refractivity contribution in [3.05, 3.63) is 64.3 Å². The summed E-state index contributed by atoms with van der Waals surface area (Å²) in [6.45, 7) is 1.86. The lowest BCUT2D eigenvalue weighted by molar-refractivity contribution is -0.384. The molecule has 0 saturated carbocycles. The van der Waals surface area contributed by atoms with Crippen molar-refractivity contribution in [2.75, 3.05) is 0 Å². The smallest absolute Gasteiger partial charge is 0.258 e. The van der Waals surface area contributed by atoms with E-state index < -0.39 is 14.9 Å². The second-order valence-electron chi connectivity index (χ2n) is 4.81. The van der Waals surface area contributed by atoms with Crippen molar-refractivity contribution in [1.29, 1.82) is 0 Å². The van der Waals surface area contributed by atoms with E-state index in [9.17, 15) is 18.5 Å². The summed E-state index contributed by atoms with van der Waals surface area (Å²) in [5, 5.41) is 15.0. The maximum atomic E-state index is 12.6. The number of aryl methyl sites for hydroxylation is 1. The Hall–Kier alpha value is -2.74. The fourth-order valence-electron chi connectivity index (χ4n) is 2.11. The van der Waals surface area contributed by atoms with E-state index in [0.717, 1.165) is 9.65 Å². The number of nitrogens with zero attached hydrogens (tertiary/aromatic N) is 3. The number of hydrogen-bond donors (Lipinski definition) is 0. The summed E-state index contributed by atoms with van der Waals surface area (Å²) in [6.07, 6.45) is 1.30. The molecule has 0 fully saturated rings. The quantitative estimate of drug-likeness (QED) is 0.546. The molecule has 0 N–H and O–H groups in total. The highest BCUT2D eigenvalue weighted by Gasteiger charge is 2.21. The van der Waals surface area contributed by atoms with E-state index in [1.165, 1.54) is 36.5 Å². The Labute approximate surface area is 126 Å². The van der Waals surface area contributed by atoms with E-state index in [4.69, 9.17) is 0 Å². The predicted octanol–water partition coefficient (Wildman–Crippen LogP) is 2.49. The van der Waals surface area contributed by atoms with Gasteiger partial charge in [0.25, 0.3) is 15.7 Å². The molecule has 0 aliphatic heterocycles. The van der Waals surface area contributed by atoms with Crippen molar-refractivity contribution < 1.29 is 13.3 Å². The van der Waals surface area contributed by atoms with Crippen molar-refractivity contribution >= 4 is 26.6 Å². The molecule has 0 amide bonds. The van der Waals surface area contributed by atoms with Gasteiger partial charge in [-0.3, -0.25) is 10.1 Å². The minimum absolute atomic E-state index is 0.111. The lowest BCUT2D eigenvalue weighted by Gasteiger charge is -2.06. The highest BCUT2D eigenvalue weighted by atomic mass is 32.2. The summed E-state index contributed by atoms with van der Waals surface area (Å²) in [4.78, 5) is 10.3. The standard InChI is InChI=1S/C14H11N3O4S/c1-10-2-5-13(6-3-10)22(20,21)16-14-7-4-12(17(18)19)8-11(14)9-15-16/h2-9H,1H3. The second kappa shape index (κ2) is 4.92. The Morgan fingerprint density at radius 1 is 1.14 bits per heavy atom. The molecule has 0 aliphatic carbocycles. The lowest BCUT2D eigenvalue weighted by Crippen LogP contribution is -2.14. The van der Waals surface area contributed by atoms with Crippen molar-refractivity contribution in [3.8, 4) is 0 Å². The first-order valence-corrected chi connectivity index (χ1v) is 7.78. The fraction of sp³-hybridized carbons (Fsp3) is 0.0714. The summed E-state index contributed by atoms with van der Waals surface area (Å²) < 4.78 is 26.1. The van der Waals surface area contributed by atoms with Crippen LogP contribution in [-0.2, 0) is 10.0 Å². The Balaban J connectivity index is 2.17. The lowest BCUT2D eigenvalue weighted by atomic mass is 10.2. The van der Waals surface area contributed by atoms with Crippen LogP contribution < -0.4 is 0 Å². The molecule has 2 aromatic carbocycles. The van der Waals surface area contributed by atoms with Gasteiger partial charge in [-0.2, -0.15) is 17.6 Å². The zero-order valence-electron chi connectivity index (χ0n) is 11.5. The van der Waals surface area contributed by atoms with Gasteiger partial charge in [-0.15, -0.1) is 0 Å². The number of rotatable bonds is 3. The molecule has 22 heavy (non-hydrogen) atoms. The number of fused-ring (bicyclic) bond motifs is 1. The van der Waals surface area contributed by atoms with Crippen LogP contribution in [0.4, 0.5) is 5.69 Å². The Morgan fingerprint density at radius 2 is 1.82 bits per heavy atom. The van der Waals surface area contributed by atoms with E-state index in [-0.39, 0.29) is 10.6 Å². The largest absolute Gasteiger partial charge is 0.283 e. The van der Waals surface area contributed by atoms with Gasteiger partial charge in [-0.1, -0.05) is 17.7 Å². The summed E-state index contributed by atoms with van der Waals surface area (Å²) in [7, 11) is -3.84. The van der Waals surface area contributed by atoms with Gasteiger partial charge >= 0.3 is 0 Å². The van der Waals surface area contributed by atoms with Gasteiger partial charge in [0.15, 0.2) is 0 Å². The normalized spacial score (nSPS) is 11.7. The number of non-ortho nitro benzene ring substituents is 1. The molecule has 0 aliphatic rings. The van der Waals surface area contributed by atoms with Crippen LogP contribution >= 0.6 is 0 Å². The van der Waals surface area contributed by atoms with Crippen LogP contribution in [0.2, 0.25) is 0 Å². The molecule has 1 heterocycles. The van der Waals surface area contributed by atoms with Gasteiger partial charge < -0.3 is 0 Å². The number of aromatic nitrogens is 2. The molecule has 0 unspecified atom stereocenters. The van der Waals surface area contributed by atoms with Gasteiger partial charge in [0.05, 0.1) is 21.5 Å². The first-order valence-electron chi connectivity index (χ1n) is 6.34. The van der Waals surface area contributed by atoms with Gasteiger partial charge in [0, 0.05) is 17.5 Å². The zero-order valence-corrected chi connectivity index (χ0v) is 12.3. The van der Waals surface area contributed by atoms with Crippen molar-refractivity contribution in [3.63, 3.8) is 0 Å². The second-order valence-corrected chi connectivity index (χ2v) is 6.57. The van der Waals surface area contributed by atoms with Crippen molar-refractivity contribution in [2.45, 2.75) is 11.8 Å². The number of nitro groups is 1. The highest BCUT2D eigenvalue weighted by Crippen LogP contribution is 2.24. The van der Waals surface area contributed by atoms with Gasteiger partial charge in [0.2, 0.25) is 0 Å². The monoisotopic (exact) mass is 317 g/mol. The molecular formula is C14H11N3O4S. The highest BCUT2D eigenvalue weighted by molar-refractivity contribution is 7.90. The summed E-state index contributed by atoms with van der Waals surface area (Å²) in [5.74, 6) is 0. The van der Waals surface area contributed by atoms with Crippen LogP contribution in [0.3, 0.4) is 0 Å². The third-order valence-electron chi connectivity index (χ3n) is 3.28. The Kier molecular flexibility index (Phi) is 3.18. The molecule has 3 rings (SSSR count). The molecule has 1 aromatic heterocycles. The van der Waals surface area contributed by atoms with Gasteiger partial charge in [0.1, 0.15) is 0 Å². The number of benzene rings is 2. The number of hydrogen-bond acceptors (Lipinski definition) is 5. The topological polar surface area (TPSA) is 95.1 Å². The SMILES string of the molecule is Cc1ccc(S(=O)(=O)n2ncc3cc([N+](=O)[O-])ccc32)cc1. The molecule has 0 bridgehead atoms. The Bertz CT molecular complexity index is 975. The molecule has 0 atom stereocenters. The predicted molar refractivity (Wildman–Crippen MR) is 80.2 cm³/mol. The van der Waals surface area contributed by atoms with E-state index in [2.05, 4.69) is 5.10 Å². The summed E-state index contributed by atoms with van der Waals surface area (Å²) in [5.41, 5.74) is 1.13. The van der Waals surface area contributed by atoms with Crippen LogP contribution in [0, 0.1) is 17.0 Å². The minimum Gasteiger partial charge on any atom is -0.258 e. The van der Waals surface area contributed by atoms with Crippen LogP contribution in [-0.4, -0.2) is 22.5 Å². The fourth-order valence-corrected chi connectivity index (χ4v) is 3.39. The summed E-state index contributed by atoms with van der Waals surface area (Å²) in [6, 6.07) is 10.3. The molecule has 8 heteroatoms. The van der Waals surface area contributed by atoms with Crippen LogP contribution in [0.25, 0.3) is 10.9 Å². The van der Waals surface area contributed by atoms with Crippen molar-refractivity contribution in [1.82, 2.24) is 9.19 Å². The average Bonchev–Trinajstić information content (AvgIpc) is 2.91. The molecule has 7 nitrogen and oxygen atoms in total. The zero-order chi connectivity index (χ0) is 15.9. The van der Waals surface area contributed by atoms with E-state index in [1.807, 2.05) is 6.92 Å². The summed E-state index contributed by atoms with van der Waals surface area (Å²) >= 11 is 0. The van der Waals surface area contributed by atoms with Crippen LogP contribution in [0.1, 0.15) is 5.56 Å². The molecule has 0 radical (unpaired) electrons. The van der Waals surface area contributed by atoms with Crippen molar-refractivity contribution in [2.24, 2.45) is 0 Å². The molecule has 0 saturated heterocycles.